The van der Waals surface area contributed by atoms with E-state index < -0.39 is 28.0 Å². The maximum absolute atomic E-state index is 13.4. The van der Waals surface area contributed by atoms with Crippen LogP contribution in [0.5, 0.6) is 5.75 Å². The summed E-state index contributed by atoms with van der Waals surface area (Å²) in [5.74, 6) is 0.596. The molecule has 2 aromatic carbocycles. The SMILES string of the molecule is CCCN(CCC)S(=O)(=O)c1cc(C(=O)N[C@@H](Cc2ccccc2)C(N)CNCc2cccc(OC)c2)c(C)o1. The number of amides is 1. The van der Waals surface area contributed by atoms with Crippen LogP contribution in [0.4, 0.5) is 0 Å². The first-order valence-corrected chi connectivity index (χ1v) is 15.2. The molecule has 0 fully saturated rings. The molecule has 1 heterocycles. The molecule has 9 nitrogen and oxygen atoms in total. The molecule has 4 N–H and O–H groups in total. The van der Waals surface area contributed by atoms with E-state index >= 15 is 0 Å². The Morgan fingerprint density at radius 3 is 2.35 bits per heavy atom. The van der Waals surface area contributed by atoms with Crippen molar-refractivity contribution in [2.45, 2.75) is 63.8 Å². The summed E-state index contributed by atoms with van der Waals surface area (Å²) in [5.41, 5.74) is 8.86. The molecular formula is C30H42N4O5S. The van der Waals surface area contributed by atoms with Gasteiger partial charge in [-0.25, -0.2) is 8.42 Å². The minimum atomic E-state index is -3.85. The lowest BCUT2D eigenvalue weighted by atomic mass is 9.99. The van der Waals surface area contributed by atoms with Gasteiger partial charge in [0.15, 0.2) is 0 Å². The van der Waals surface area contributed by atoms with Crippen LogP contribution in [-0.4, -0.2) is 57.5 Å². The second kappa shape index (κ2) is 15.0. The van der Waals surface area contributed by atoms with Crippen molar-refractivity contribution in [2.24, 2.45) is 5.73 Å². The molecule has 0 radical (unpaired) electrons. The third kappa shape index (κ3) is 8.41. The Kier molecular flexibility index (Phi) is 11.8. The van der Waals surface area contributed by atoms with Crippen molar-refractivity contribution in [3.05, 3.63) is 83.1 Å². The van der Waals surface area contributed by atoms with Gasteiger partial charge in [-0.2, -0.15) is 4.31 Å². The van der Waals surface area contributed by atoms with E-state index in [1.54, 1.807) is 14.0 Å². The Morgan fingerprint density at radius 2 is 1.70 bits per heavy atom. The fourth-order valence-corrected chi connectivity index (χ4v) is 6.11. The second-order valence-electron chi connectivity index (χ2n) is 9.86. The molecule has 1 amide bonds. The lowest BCUT2D eigenvalue weighted by Gasteiger charge is -2.26. The van der Waals surface area contributed by atoms with Crippen LogP contribution in [0.15, 0.2) is 70.2 Å². The van der Waals surface area contributed by atoms with E-state index in [0.29, 0.717) is 45.4 Å². The van der Waals surface area contributed by atoms with Gasteiger partial charge in [-0.3, -0.25) is 4.79 Å². The lowest BCUT2D eigenvalue weighted by Crippen LogP contribution is -2.53. The number of nitrogens with one attached hydrogen (secondary N) is 2. The van der Waals surface area contributed by atoms with Crippen molar-refractivity contribution in [2.75, 3.05) is 26.7 Å². The number of furan rings is 1. The standard InChI is InChI=1S/C30H42N4O5S/c1-5-15-34(16-6-2)40(36,37)29-19-26(22(3)39-29)30(35)33-28(18-23-11-8-7-9-12-23)27(31)21-32-20-24-13-10-14-25(17-24)38-4/h7-14,17,19,27-28,32H,5-6,15-16,18,20-21,31H2,1-4H3,(H,33,35)/t27?,28-/m0/s1. The van der Waals surface area contributed by atoms with Gasteiger partial charge in [0.2, 0.25) is 5.09 Å². The third-order valence-corrected chi connectivity index (χ3v) is 8.41. The predicted molar refractivity (Wildman–Crippen MR) is 157 cm³/mol. The summed E-state index contributed by atoms with van der Waals surface area (Å²) in [4.78, 5) is 13.4. The number of benzene rings is 2. The van der Waals surface area contributed by atoms with Crippen molar-refractivity contribution in [1.29, 1.82) is 0 Å². The highest BCUT2D eigenvalue weighted by atomic mass is 32.2. The van der Waals surface area contributed by atoms with Crippen LogP contribution in [0, 0.1) is 6.92 Å². The number of rotatable bonds is 16. The number of ether oxygens (including phenoxy) is 1. The maximum Gasteiger partial charge on any atom is 0.276 e. The molecule has 0 bridgehead atoms. The van der Waals surface area contributed by atoms with E-state index in [-0.39, 0.29) is 16.4 Å². The number of aryl methyl sites for hydroxylation is 1. The smallest absolute Gasteiger partial charge is 0.276 e. The maximum atomic E-state index is 13.4. The summed E-state index contributed by atoms with van der Waals surface area (Å²) in [6.07, 6.45) is 1.87. The molecule has 0 saturated heterocycles. The normalized spacial score (nSPS) is 13.2. The molecule has 3 rings (SSSR count). The summed E-state index contributed by atoms with van der Waals surface area (Å²) in [5, 5.41) is 6.19. The predicted octanol–water partition coefficient (Wildman–Crippen LogP) is 3.87. The zero-order valence-electron chi connectivity index (χ0n) is 23.9. The van der Waals surface area contributed by atoms with Crippen molar-refractivity contribution < 1.29 is 22.4 Å². The monoisotopic (exact) mass is 570 g/mol. The summed E-state index contributed by atoms with van der Waals surface area (Å²) in [7, 11) is -2.22. The van der Waals surface area contributed by atoms with E-state index in [4.69, 9.17) is 14.9 Å². The van der Waals surface area contributed by atoms with Gasteiger partial charge in [-0.05, 0) is 49.4 Å². The largest absolute Gasteiger partial charge is 0.497 e. The molecule has 1 unspecified atom stereocenters. The summed E-state index contributed by atoms with van der Waals surface area (Å²) in [6.45, 7) is 7.24. The van der Waals surface area contributed by atoms with Crippen LogP contribution in [0.2, 0.25) is 0 Å². The number of carbonyl (C=O) groups is 1. The zero-order chi connectivity index (χ0) is 29.1. The van der Waals surface area contributed by atoms with Crippen molar-refractivity contribution in [1.82, 2.24) is 14.9 Å². The summed E-state index contributed by atoms with van der Waals surface area (Å²) >= 11 is 0. The topological polar surface area (TPSA) is 127 Å². The van der Waals surface area contributed by atoms with Gasteiger partial charge in [-0.1, -0.05) is 56.3 Å². The minimum Gasteiger partial charge on any atom is -0.497 e. The van der Waals surface area contributed by atoms with Crippen LogP contribution in [0.25, 0.3) is 0 Å². The molecule has 0 aliphatic heterocycles. The molecule has 3 aromatic rings. The van der Waals surface area contributed by atoms with Crippen molar-refractivity contribution >= 4 is 15.9 Å². The minimum absolute atomic E-state index is 0.182. The molecule has 0 saturated carbocycles. The van der Waals surface area contributed by atoms with Crippen molar-refractivity contribution in [3.8, 4) is 5.75 Å². The van der Waals surface area contributed by atoms with Gasteiger partial charge in [0, 0.05) is 44.3 Å². The number of nitrogens with two attached hydrogens (primary N) is 1. The molecule has 1 aromatic heterocycles. The second-order valence-corrected chi connectivity index (χ2v) is 11.7. The molecule has 0 aliphatic rings. The average Bonchev–Trinajstić information content (AvgIpc) is 3.35. The Morgan fingerprint density at radius 1 is 1.02 bits per heavy atom. The van der Waals surface area contributed by atoms with Crippen LogP contribution in [0.3, 0.4) is 0 Å². The fraction of sp³-hybridized carbons (Fsp3) is 0.433. The third-order valence-electron chi connectivity index (χ3n) is 6.66. The van der Waals surface area contributed by atoms with Crippen LogP contribution < -0.4 is 21.1 Å². The average molecular weight is 571 g/mol. The number of hydrogen-bond donors (Lipinski definition) is 3. The van der Waals surface area contributed by atoms with Gasteiger partial charge < -0.3 is 25.5 Å². The summed E-state index contributed by atoms with van der Waals surface area (Å²) < 4.78 is 38.7. The Balaban J connectivity index is 1.76. The first-order chi connectivity index (χ1) is 19.2. The molecule has 218 valence electrons. The highest BCUT2D eigenvalue weighted by Crippen LogP contribution is 2.23. The first kappa shape index (κ1) is 31.3. The summed E-state index contributed by atoms with van der Waals surface area (Å²) in [6, 6.07) is 18.0. The number of nitrogens with zero attached hydrogens (tertiary/aromatic N) is 1. The number of hydrogen-bond acceptors (Lipinski definition) is 7. The lowest BCUT2D eigenvalue weighted by molar-refractivity contribution is 0.0929. The van der Waals surface area contributed by atoms with Gasteiger partial charge in [0.05, 0.1) is 12.7 Å². The van der Waals surface area contributed by atoms with Gasteiger partial charge in [0.25, 0.3) is 15.9 Å². The fourth-order valence-electron chi connectivity index (χ4n) is 4.52. The molecular weight excluding hydrogens is 528 g/mol. The zero-order valence-corrected chi connectivity index (χ0v) is 24.7. The molecule has 2 atom stereocenters. The van der Waals surface area contributed by atoms with Gasteiger partial charge >= 0.3 is 0 Å². The van der Waals surface area contributed by atoms with E-state index in [2.05, 4.69) is 10.6 Å². The molecule has 40 heavy (non-hydrogen) atoms. The Hall–Kier alpha value is -3.18. The first-order valence-electron chi connectivity index (χ1n) is 13.7. The Bertz CT molecular complexity index is 1320. The van der Waals surface area contributed by atoms with E-state index in [1.165, 1.54) is 10.4 Å². The van der Waals surface area contributed by atoms with Crippen LogP contribution >= 0.6 is 0 Å². The van der Waals surface area contributed by atoms with E-state index in [1.807, 2.05) is 68.4 Å². The van der Waals surface area contributed by atoms with Crippen LogP contribution in [0.1, 0.15) is 53.9 Å². The van der Waals surface area contributed by atoms with Crippen LogP contribution in [-0.2, 0) is 23.0 Å². The highest BCUT2D eigenvalue weighted by molar-refractivity contribution is 7.89. The molecule has 10 heteroatoms. The quantitative estimate of drug-likeness (QED) is 0.239. The molecule has 0 aliphatic carbocycles. The highest BCUT2D eigenvalue weighted by Gasteiger charge is 2.30. The number of carbonyl (C=O) groups excluding carboxylic acids is 1. The van der Waals surface area contributed by atoms with E-state index in [9.17, 15) is 13.2 Å². The van der Waals surface area contributed by atoms with Gasteiger partial charge in [-0.15, -0.1) is 0 Å². The Labute approximate surface area is 238 Å². The number of sulfonamides is 1. The molecule has 0 spiro atoms. The number of methoxy groups -OCH3 is 1. The van der Waals surface area contributed by atoms with Crippen molar-refractivity contribution in [3.63, 3.8) is 0 Å². The van der Waals surface area contributed by atoms with Gasteiger partial charge in [0.1, 0.15) is 11.5 Å². The van der Waals surface area contributed by atoms with E-state index in [0.717, 1.165) is 16.9 Å².